The normalized spacial score (nSPS) is 29.8. The third kappa shape index (κ3) is 5.27. The van der Waals surface area contributed by atoms with Crippen LogP contribution in [0.25, 0.3) is 11.0 Å². The maximum absolute atomic E-state index is 12.5. The molecule has 2 aromatic heterocycles. The Balaban J connectivity index is 1.38. The van der Waals surface area contributed by atoms with E-state index in [4.69, 9.17) is 23.7 Å². The summed E-state index contributed by atoms with van der Waals surface area (Å²) in [5, 5.41) is 25.2. The van der Waals surface area contributed by atoms with E-state index in [1.54, 1.807) is 24.7 Å². The fourth-order valence-electron chi connectivity index (χ4n) is 6.01. The van der Waals surface area contributed by atoms with Crippen molar-refractivity contribution in [2.45, 2.75) is 101 Å². The van der Waals surface area contributed by atoms with Crippen LogP contribution in [-0.4, -0.2) is 92.3 Å². The first-order chi connectivity index (χ1) is 19.3. The maximum atomic E-state index is 12.5. The molecule has 1 amide bonds. The van der Waals surface area contributed by atoms with Crippen molar-refractivity contribution in [3.8, 4) is 11.8 Å². The highest BCUT2D eigenvalue weighted by Gasteiger charge is 2.56. The Morgan fingerprint density at radius 1 is 1.18 bits per heavy atom. The van der Waals surface area contributed by atoms with Gasteiger partial charge in [0.1, 0.15) is 24.9 Å². The summed E-state index contributed by atoms with van der Waals surface area (Å²) in [5.41, 5.74) is 0.353. The number of rotatable bonds is 6. The highest BCUT2D eigenvalue weighted by molar-refractivity contribution is 5.97. The Bertz CT molecular complexity index is 1290. The number of aliphatic hydroxyl groups excluding tert-OH is 1. The second kappa shape index (κ2) is 11.2. The fourth-order valence-corrected chi connectivity index (χ4v) is 6.01. The molecule has 3 saturated heterocycles. The van der Waals surface area contributed by atoms with Crippen molar-refractivity contribution in [2.75, 3.05) is 24.7 Å². The summed E-state index contributed by atoms with van der Waals surface area (Å²) in [6.07, 6.45) is 4.01. The summed E-state index contributed by atoms with van der Waals surface area (Å²) in [6, 6.07) is -0.204. The maximum Gasteiger partial charge on any atom is 0.413 e. The molecule has 1 aliphatic carbocycles. The smallest absolute Gasteiger partial charge is 0.413 e. The Labute approximate surface area is 231 Å². The summed E-state index contributed by atoms with van der Waals surface area (Å²) in [7, 11) is 0. The molecule has 5 atom stereocenters. The Kier molecular flexibility index (Phi) is 7.64. The SMILES string of the molecule is CC1(C)O[C@@H]2[C@H](O1)[C@@H](CO)O[C@H]2n1ncc2c(N(C(=O)O)C3CCCC3)nc(C#CCOC3CCCCO3)nc21. The molecular formula is C27H35N5O8. The lowest BCUT2D eigenvalue weighted by atomic mass is 10.1. The van der Waals surface area contributed by atoms with Gasteiger partial charge in [-0.05, 0) is 51.9 Å². The van der Waals surface area contributed by atoms with Gasteiger partial charge in [0.15, 0.2) is 29.8 Å². The average molecular weight is 558 g/mol. The third-order valence-electron chi connectivity index (χ3n) is 7.78. The van der Waals surface area contributed by atoms with Crippen LogP contribution >= 0.6 is 0 Å². The molecule has 4 fully saturated rings. The van der Waals surface area contributed by atoms with Crippen LogP contribution in [0.15, 0.2) is 6.20 Å². The summed E-state index contributed by atoms with van der Waals surface area (Å²) >= 11 is 0. The zero-order chi connectivity index (χ0) is 27.9. The van der Waals surface area contributed by atoms with Crippen molar-refractivity contribution in [3.05, 3.63) is 12.0 Å². The molecule has 0 aromatic carbocycles. The fraction of sp³-hybridized carbons (Fsp3) is 0.704. The molecule has 5 heterocycles. The van der Waals surface area contributed by atoms with Crippen molar-refractivity contribution < 1.29 is 38.7 Å². The molecule has 0 spiro atoms. The van der Waals surface area contributed by atoms with E-state index in [1.165, 1.54) is 4.90 Å². The van der Waals surface area contributed by atoms with Gasteiger partial charge < -0.3 is 33.9 Å². The molecular weight excluding hydrogens is 522 g/mol. The number of aliphatic hydroxyl groups is 1. The van der Waals surface area contributed by atoms with E-state index in [9.17, 15) is 15.0 Å². The quantitative estimate of drug-likeness (QED) is 0.504. The van der Waals surface area contributed by atoms with Gasteiger partial charge in [-0.25, -0.2) is 19.4 Å². The lowest BCUT2D eigenvalue weighted by molar-refractivity contribution is -0.201. The van der Waals surface area contributed by atoms with Crippen LogP contribution in [-0.2, 0) is 23.7 Å². The number of fused-ring (bicyclic) bond motifs is 2. The van der Waals surface area contributed by atoms with Crippen LogP contribution in [0.1, 0.15) is 70.8 Å². The molecule has 2 aromatic rings. The minimum absolute atomic E-state index is 0.125. The van der Waals surface area contributed by atoms with Crippen LogP contribution < -0.4 is 4.90 Å². The van der Waals surface area contributed by atoms with E-state index < -0.39 is 36.4 Å². The van der Waals surface area contributed by atoms with E-state index in [1.807, 2.05) is 0 Å². The van der Waals surface area contributed by atoms with Gasteiger partial charge in [-0.2, -0.15) is 5.10 Å². The Morgan fingerprint density at radius 2 is 1.95 bits per heavy atom. The monoisotopic (exact) mass is 557 g/mol. The van der Waals surface area contributed by atoms with Gasteiger partial charge in [-0.15, -0.1) is 0 Å². The molecule has 1 saturated carbocycles. The molecule has 0 bridgehead atoms. The Morgan fingerprint density at radius 3 is 2.67 bits per heavy atom. The number of ether oxygens (including phenoxy) is 5. The number of nitrogens with zero attached hydrogens (tertiary/aromatic N) is 5. The van der Waals surface area contributed by atoms with Crippen molar-refractivity contribution in [2.24, 2.45) is 0 Å². The second-order valence-electron chi connectivity index (χ2n) is 11.0. The molecule has 6 rings (SSSR count). The van der Waals surface area contributed by atoms with E-state index in [0.29, 0.717) is 17.6 Å². The van der Waals surface area contributed by atoms with Crippen molar-refractivity contribution in [1.82, 2.24) is 19.7 Å². The average Bonchev–Trinajstić information content (AvgIpc) is 3.71. The van der Waals surface area contributed by atoms with Crippen LogP contribution in [0.3, 0.4) is 0 Å². The minimum atomic E-state index is -1.09. The number of aromatic nitrogens is 4. The molecule has 0 radical (unpaired) electrons. The lowest BCUT2D eigenvalue weighted by Crippen LogP contribution is -2.38. The van der Waals surface area contributed by atoms with Crippen LogP contribution in [0, 0.1) is 11.8 Å². The predicted molar refractivity (Wildman–Crippen MR) is 139 cm³/mol. The van der Waals surface area contributed by atoms with E-state index in [0.717, 1.165) is 44.9 Å². The largest absolute Gasteiger partial charge is 0.465 e. The second-order valence-corrected chi connectivity index (χ2v) is 11.0. The van der Waals surface area contributed by atoms with E-state index in [2.05, 4.69) is 26.9 Å². The van der Waals surface area contributed by atoms with Gasteiger partial charge in [0.05, 0.1) is 18.2 Å². The molecule has 1 unspecified atom stereocenters. The number of carbonyl (C=O) groups is 1. The number of amides is 1. The molecule has 216 valence electrons. The number of anilines is 1. The van der Waals surface area contributed by atoms with Gasteiger partial charge in [0, 0.05) is 12.6 Å². The summed E-state index contributed by atoms with van der Waals surface area (Å²) in [4.78, 5) is 23.1. The van der Waals surface area contributed by atoms with Crippen LogP contribution in [0.4, 0.5) is 10.6 Å². The zero-order valence-corrected chi connectivity index (χ0v) is 22.7. The molecule has 13 nitrogen and oxygen atoms in total. The number of carboxylic acid groups (broad SMARTS) is 1. The first-order valence-corrected chi connectivity index (χ1v) is 14.0. The Hall–Kier alpha value is -2.86. The van der Waals surface area contributed by atoms with E-state index >= 15 is 0 Å². The van der Waals surface area contributed by atoms with Gasteiger partial charge in [-0.3, -0.25) is 4.90 Å². The van der Waals surface area contributed by atoms with Gasteiger partial charge in [0.25, 0.3) is 0 Å². The van der Waals surface area contributed by atoms with Crippen LogP contribution in [0.5, 0.6) is 0 Å². The zero-order valence-electron chi connectivity index (χ0n) is 22.7. The minimum Gasteiger partial charge on any atom is -0.465 e. The van der Waals surface area contributed by atoms with Gasteiger partial charge in [0.2, 0.25) is 5.82 Å². The summed E-state index contributed by atoms with van der Waals surface area (Å²) in [5.74, 6) is 5.38. The summed E-state index contributed by atoms with van der Waals surface area (Å²) in [6.45, 7) is 4.15. The molecule has 13 heteroatoms. The third-order valence-corrected chi connectivity index (χ3v) is 7.78. The van der Waals surface area contributed by atoms with Gasteiger partial charge in [-0.1, -0.05) is 18.8 Å². The van der Waals surface area contributed by atoms with Crippen LogP contribution in [0.2, 0.25) is 0 Å². The molecule has 3 aliphatic heterocycles. The highest BCUT2D eigenvalue weighted by Crippen LogP contribution is 2.44. The molecule has 2 N–H and O–H groups in total. The molecule has 4 aliphatic rings. The lowest BCUT2D eigenvalue weighted by Gasteiger charge is -2.26. The topological polar surface area (TPSA) is 151 Å². The number of hydrogen-bond donors (Lipinski definition) is 2. The van der Waals surface area contributed by atoms with Crippen molar-refractivity contribution >= 4 is 22.9 Å². The van der Waals surface area contributed by atoms with Crippen molar-refractivity contribution in [1.29, 1.82) is 0 Å². The first kappa shape index (κ1) is 27.3. The summed E-state index contributed by atoms with van der Waals surface area (Å²) < 4.78 is 31.1. The van der Waals surface area contributed by atoms with Gasteiger partial charge >= 0.3 is 6.09 Å². The molecule has 40 heavy (non-hydrogen) atoms. The standard InChI is InChI=1S/C27H35N5O8/c1-27(2)39-21-18(15-33)38-25(22(21)40-27)32-24-17(14-28-32)23(31(26(34)35)16-8-3-4-9-16)29-19(30-24)10-7-13-37-20-11-5-6-12-36-20/h14,16,18,20-22,25,33H,3-6,8-9,11-13,15H2,1-2H3,(H,34,35)/t18-,20?,21-,22-,25-/m1/s1. The van der Waals surface area contributed by atoms with Crippen molar-refractivity contribution in [3.63, 3.8) is 0 Å². The number of hydrogen-bond acceptors (Lipinski definition) is 10. The first-order valence-electron chi connectivity index (χ1n) is 14.0. The highest BCUT2D eigenvalue weighted by atomic mass is 16.8. The van der Waals surface area contributed by atoms with E-state index in [-0.39, 0.29) is 37.2 Å². The predicted octanol–water partition coefficient (Wildman–Crippen LogP) is 2.56.